The highest BCUT2D eigenvalue weighted by atomic mass is 79.9. The second kappa shape index (κ2) is 5.22. The van der Waals surface area contributed by atoms with Gasteiger partial charge in [0.1, 0.15) is 10.3 Å². The molecular formula is C11H6Br2Cl2N2. The first-order chi connectivity index (χ1) is 7.99. The van der Waals surface area contributed by atoms with Crippen LogP contribution >= 0.6 is 55.1 Å². The molecular weight excluding hydrogens is 391 g/mol. The van der Waals surface area contributed by atoms with E-state index in [0.717, 1.165) is 15.6 Å². The van der Waals surface area contributed by atoms with Crippen LogP contribution in [0, 0.1) is 6.92 Å². The van der Waals surface area contributed by atoms with E-state index in [1.807, 2.05) is 25.1 Å². The molecule has 0 aliphatic carbocycles. The maximum Gasteiger partial charge on any atom is 0.163 e. The van der Waals surface area contributed by atoms with Crippen LogP contribution in [-0.2, 0) is 0 Å². The Morgan fingerprint density at radius 2 is 1.65 bits per heavy atom. The molecule has 1 heterocycles. The molecule has 0 saturated carbocycles. The number of benzene rings is 1. The third-order valence-electron chi connectivity index (χ3n) is 2.14. The molecule has 0 fully saturated rings. The fraction of sp³-hybridized carbons (Fsp3) is 0.0909. The van der Waals surface area contributed by atoms with Crippen molar-refractivity contribution in [2.24, 2.45) is 0 Å². The fourth-order valence-electron chi connectivity index (χ4n) is 1.32. The number of aryl methyl sites for hydroxylation is 1. The van der Waals surface area contributed by atoms with Gasteiger partial charge in [0.05, 0.1) is 4.47 Å². The van der Waals surface area contributed by atoms with E-state index >= 15 is 0 Å². The van der Waals surface area contributed by atoms with Gasteiger partial charge in [0, 0.05) is 10.0 Å². The van der Waals surface area contributed by atoms with Gasteiger partial charge in [-0.05, 0) is 40.5 Å². The summed E-state index contributed by atoms with van der Waals surface area (Å²) in [5.74, 6) is 0.495. The largest absolute Gasteiger partial charge is 0.215 e. The standard InChI is InChI=1S/C11H6Br2Cl2N2/c1-5-2-3-6(7(12)4-5)11-16-9(14)8(13)10(15)17-11/h2-4H,1H3. The van der Waals surface area contributed by atoms with E-state index in [0.29, 0.717) is 20.6 Å². The molecule has 2 nitrogen and oxygen atoms in total. The van der Waals surface area contributed by atoms with Crippen molar-refractivity contribution in [2.45, 2.75) is 6.92 Å². The number of nitrogens with zero attached hydrogens (tertiary/aromatic N) is 2. The van der Waals surface area contributed by atoms with Crippen LogP contribution in [0.2, 0.25) is 10.3 Å². The van der Waals surface area contributed by atoms with E-state index in [9.17, 15) is 0 Å². The monoisotopic (exact) mass is 394 g/mol. The Hall–Kier alpha value is -0.160. The molecule has 0 saturated heterocycles. The lowest BCUT2D eigenvalue weighted by atomic mass is 10.1. The van der Waals surface area contributed by atoms with Crippen LogP contribution in [0.5, 0.6) is 0 Å². The first-order valence-electron chi connectivity index (χ1n) is 4.64. The van der Waals surface area contributed by atoms with Crippen molar-refractivity contribution in [2.75, 3.05) is 0 Å². The smallest absolute Gasteiger partial charge is 0.163 e. The normalized spacial score (nSPS) is 10.6. The molecule has 17 heavy (non-hydrogen) atoms. The molecule has 0 radical (unpaired) electrons. The lowest BCUT2D eigenvalue weighted by Crippen LogP contribution is -1.93. The molecule has 0 spiro atoms. The second-order valence-electron chi connectivity index (χ2n) is 3.43. The van der Waals surface area contributed by atoms with Gasteiger partial charge in [-0.1, -0.05) is 45.2 Å². The van der Waals surface area contributed by atoms with Crippen molar-refractivity contribution < 1.29 is 0 Å². The van der Waals surface area contributed by atoms with Gasteiger partial charge in [0.25, 0.3) is 0 Å². The summed E-state index contributed by atoms with van der Waals surface area (Å²) in [4.78, 5) is 8.37. The first-order valence-corrected chi connectivity index (χ1v) is 6.98. The molecule has 88 valence electrons. The summed E-state index contributed by atoms with van der Waals surface area (Å²) in [7, 11) is 0. The Balaban J connectivity index is 2.61. The number of hydrogen-bond donors (Lipinski definition) is 0. The zero-order valence-electron chi connectivity index (χ0n) is 8.64. The number of rotatable bonds is 1. The molecule has 0 bridgehead atoms. The molecule has 0 aliphatic heterocycles. The van der Waals surface area contributed by atoms with Gasteiger partial charge >= 0.3 is 0 Å². The van der Waals surface area contributed by atoms with Crippen LogP contribution in [0.15, 0.2) is 27.1 Å². The topological polar surface area (TPSA) is 25.8 Å². The van der Waals surface area contributed by atoms with E-state index < -0.39 is 0 Å². The highest BCUT2D eigenvalue weighted by Crippen LogP contribution is 2.32. The minimum atomic E-state index is 0.299. The second-order valence-corrected chi connectivity index (χ2v) is 5.79. The zero-order chi connectivity index (χ0) is 12.6. The summed E-state index contributed by atoms with van der Waals surface area (Å²) in [5, 5.41) is 0.597. The minimum Gasteiger partial charge on any atom is -0.215 e. The Labute approximate surface area is 126 Å². The van der Waals surface area contributed by atoms with Crippen molar-refractivity contribution in [1.29, 1.82) is 0 Å². The quantitative estimate of drug-likeness (QED) is 0.612. The average Bonchev–Trinajstić information content (AvgIpc) is 2.25. The molecule has 0 aliphatic rings. The summed E-state index contributed by atoms with van der Waals surface area (Å²) in [6.45, 7) is 2.01. The van der Waals surface area contributed by atoms with Crippen LogP contribution in [0.4, 0.5) is 0 Å². The third kappa shape index (κ3) is 2.81. The number of halogens is 4. The van der Waals surface area contributed by atoms with Crippen LogP contribution in [-0.4, -0.2) is 9.97 Å². The first kappa shape index (κ1) is 13.3. The van der Waals surface area contributed by atoms with Gasteiger partial charge in [-0.25, -0.2) is 9.97 Å². The Kier molecular flexibility index (Phi) is 4.08. The molecule has 2 aromatic rings. The van der Waals surface area contributed by atoms with Crippen LogP contribution in [0.25, 0.3) is 11.4 Å². The van der Waals surface area contributed by atoms with Gasteiger partial charge in [0.2, 0.25) is 0 Å². The molecule has 0 amide bonds. The highest BCUT2D eigenvalue weighted by molar-refractivity contribution is 9.11. The van der Waals surface area contributed by atoms with E-state index in [1.165, 1.54) is 0 Å². The zero-order valence-corrected chi connectivity index (χ0v) is 13.3. The van der Waals surface area contributed by atoms with E-state index in [4.69, 9.17) is 23.2 Å². The Bertz CT molecular complexity index is 565. The van der Waals surface area contributed by atoms with E-state index in [1.54, 1.807) is 0 Å². The molecule has 1 aromatic carbocycles. The van der Waals surface area contributed by atoms with Crippen LogP contribution in [0.3, 0.4) is 0 Å². The predicted octanol–water partition coefficient (Wildman–Crippen LogP) is 5.28. The lowest BCUT2D eigenvalue weighted by molar-refractivity contribution is 1.16. The van der Waals surface area contributed by atoms with Gasteiger partial charge in [-0.2, -0.15) is 0 Å². The van der Waals surface area contributed by atoms with E-state index in [-0.39, 0.29) is 0 Å². The molecule has 6 heteroatoms. The molecule has 1 aromatic heterocycles. The van der Waals surface area contributed by atoms with E-state index in [2.05, 4.69) is 41.8 Å². The van der Waals surface area contributed by atoms with Crippen molar-refractivity contribution in [1.82, 2.24) is 9.97 Å². The maximum atomic E-state index is 5.95. The van der Waals surface area contributed by atoms with Crippen molar-refractivity contribution in [3.63, 3.8) is 0 Å². The third-order valence-corrected chi connectivity index (χ3v) is 4.55. The molecule has 0 N–H and O–H groups in total. The van der Waals surface area contributed by atoms with Crippen molar-refractivity contribution >= 4 is 55.1 Å². The summed E-state index contributed by atoms with van der Waals surface area (Å²) >= 11 is 18.6. The lowest BCUT2D eigenvalue weighted by Gasteiger charge is -2.06. The molecule has 2 rings (SSSR count). The van der Waals surface area contributed by atoms with Gasteiger partial charge < -0.3 is 0 Å². The van der Waals surface area contributed by atoms with Gasteiger partial charge in [-0.3, -0.25) is 0 Å². The minimum absolute atomic E-state index is 0.299. The summed E-state index contributed by atoms with van der Waals surface area (Å²) < 4.78 is 1.42. The summed E-state index contributed by atoms with van der Waals surface area (Å²) in [6, 6.07) is 5.89. The molecule has 0 atom stereocenters. The SMILES string of the molecule is Cc1ccc(-c2nc(Cl)c(Br)c(Cl)n2)c(Br)c1. The fourth-order valence-corrected chi connectivity index (χ4v) is 2.55. The van der Waals surface area contributed by atoms with Crippen molar-refractivity contribution in [3.05, 3.63) is 43.0 Å². The average molecular weight is 397 g/mol. The van der Waals surface area contributed by atoms with Gasteiger partial charge in [-0.15, -0.1) is 0 Å². The summed E-state index contributed by atoms with van der Waals surface area (Å²) in [6.07, 6.45) is 0. The van der Waals surface area contributed by atoms with Crippen LogP contribution in [0.1, 0.15) is 5.56 Å². The number of aromatic nitrogens is 2. The predicted molar refractivity (Wildman–Crippen MR) is 77.6 cm³/mol. The highest BCUT2D eigenvalue weighted by Gasteiger charge is 2.12. The van der Waals surface area contributed by atoms with Crippen molar-refractivity contribution in [3.8, 4) is 11.4 Å². The Morgan fingerprint density at radius 3 is 2.18 bits per heavy atom. The van der Waals surface area contributed by atoms with Gasteiger partial charge in [0.15, 0.2) is 5.82 Å². The summed E-state index contributed by atoms with van der Waals surface area (Å²) in [5.41, 5.74) is 2.00. The Morgan fingerprint density at radius 1 is 1.06 bits per heavy atom. The molecule has 0 unspecified atom stereocenters. The number of hydrogen-bond acceptors (Lipinski definition) is 2. The van der Waals surface area contributed by atoms with Crippen LogP contribution < -0.4 is 0 Å². The maximum absolute atomic E-state index is 5.95.